The number of aliphatic carboxylic acids is 4. The van der Waals surface area contributed by atoms with E-state index in [0.717, 1.165) is 56.9 Å². The van der Waals surface area contributed by atoms with E-state index in [1.165, 1.54) is 0 Å². The number of amides is 3. The summed E-state index contributed by atoms with van der Waals surface area (Å²) in [5, 5.41) is 47.4. The molecule has 0 spiro atoms. The number of unbranched alkanes of at least 4 members (excludes halogenated alkanes) is 7. The van der Waals surface area contributed by atoms with Crippen LogP contribution in [0.15, 0.2) is 24.3 Å². The fourth-order valence-corrected chi connectivity index (χ4v) is 7.90. The van der Waals surface area contributed by atoms with Crippen molar-refractivity contribution in [1.29, 1.82) is 0 Å². The highest BCUT2D eigenvalue weighted by atomic mass is 16.5. The van der Waals surface area contributed by atoms with Crippen LogP contribution in [0.5, 0.6) is 5.75 Å². The van der Waals surface area contributed by atoms with Gasteiger partial charge in [0.25, 0.3) is 0 Å². The average molecular weight is 980 g/mol. The lowest BCUT2D eigenvalue weighted by molar-refractivity contribution is -0.142. The van der Waals surface area contributed by atoms with Crippen molar-refractivity contribution in [1.82, 2.24) is 35.6 Å². The molecule has 7 N–H and O–H groups in total. The first-order chi connectivity index (χ1) is 33.2. The molecule has 0 unspecified atom stereocenters. The zero-order valence-corrected chi connectivity index (χ0v) is 41.0. The molecule has 0 radical (unpaired) electrons. The first-order valence-corrected chi connectivity index (χ1v) is 24.6. The Balaban J connectivity index is 1.89. The molecular weight excluding hydrogens is 899 g/mol. The normalized spacial score (nSPS) is 16.1. The van der Waals surface area contributed by atoms with E-state index in [0.29, 0.717) is 70.8 Å². The molecule has 3 amide bonds. The van der Waals surface area contributed by atoms with Gasteiger partial charge in [0.2, 0.25) is 17.7 Å². The highest BCUT2D eigenvalue weighted by Gasteiger charge is 2.28. The molecule has 1 aromatic carbocycles. The number of carbonyl (C=O) groups excluding carboxylic acids is 3. The molecule has 1 saturated heterocycles. The molecule has 1 aromatic rings. The lowest BCUT2D eigenvalue weighted by Crippen LogP contribution is -2.53. The number of carboxylic acids is 4. The molecule has 1 aliphatic heterocycles. The summed E-state index contributed by atoms with van der Waals surface area (Å²) in [5.41, 5.74) is 0.864. The summed E-state index contributed by atoms with van der Waals surface area (Å²) >= 11 is 0. The maximum absolute atomic E-state index is 13.2. The number of hydrogen-bond donors (Lipinski definition) is 7. The van der Waals surface area contributed by atoms with Crippen molar-refractivity contribution >= 4 is 41.6 Å². The maximum Gasteiger partial charge on any atom is 0.317 e. The quantitative estimate of drug-likeness (QED) is 0.0474. The number of nitrogens with zero attached hydrogens (tertiary/aromatic N) is 4. The third-order valence-corrected chi connectivity index (χ3v) is 11.7. The van der Waals surface area contributed by atoms with Gasteiger partial charge in [0, 0.05) is 84.9 Å². The number of nitrogens with one attached hydrogen (secondary N) is 3. The molecule has 0 bridgehead atoms. The molecule has 1 aliphatic rings. The van der Waals surface area contributed by atoms with Gasteiger partial charge in [-0.2, -0.15) is 0 Å². The third kappa shape index (κ3) is 30.3. The van der Waals surface area contributed by atoms with E-state index in [9.17, 15) is 54.0 Å². The maximum atomic E-state index is 13.2. The van der Waals surface area contributed by atoms with Crippen LogP contribution in [0.2, 0.25) is 0 Å². The minimum Gasteiger partial charge on any atom is -0.494 e. The Kier molecular flexibility index (Phi) is 32.3. The first kappa shape index (κ1) is 60.2. The second-order valence-corrected chi connectivity index (χ2v) is 17.5. The number of rotatable bonds is 36. The van der Waals surface area contributed by atoms with Gasteiger partial charge >= 0.3 is 23.9 Å². The summed E-state index contributed by atoms with van der Waals surface area (Å²) in [4.78, 5) is 91.9. The van der Waals surface area contributed by atoms with Gasteiger partial charge in [0.1, 0.15) is 11.8 Å². The Hall–Kier alpha value is -4.93. The van der Waals surface area contributed by atoms with Gasteiger partial charge in [0.15, 0.2) is 0 Å². The fraction of sp³-hybridized carbons (Fsp3) is 0.729. The van der Waals surface area contributed by atoms with Crippen molar-refractivity contribution in [3.05, 3.63) is 29.8 Å². The summed E-state index contributed by atoms with van der Waals surface area (Å²) in [5.74, 6) is -4.08. The molecule has 2 atom stereocenters. The number of carboxylic acid groups (broad SMARTS) is 4. The average Bonchev–Trinajstić information content (AvgIpc) is 3.29. The Morgan fingerprint density at radius 1 is 0.609 bits per heavy atom. The van der Waals surface area contributed by atoms with Crippen LogP contribution in [-0.2, 0) is 49.5 Å². The number of hydrogen-bond acceptors (Lipinski definition) is 14. The van der Waals surface area contributed by atoms with Gasteiger partial charge in [-0.1, -0.05) is 51.2 Å². The van der Waals surface area contributed by atoms with E-state index in [2.05, 4.69) is 22.9 Å². The van der Waals surface area contributed by atoms with Crippen LogP contribution in [0.25, 0.3) is 0 Å². The van der Waals surface area contributed by atoms with Crippen molar-refractivity contribution in [3.8, 4) is 5.75 Å². The standard InChI is InChI=1S/C48H81N7O14/c1-3-4-8-14-42(56)49-20-11-9-13-41(51-43(57)19-29-68-31-30-67-2)48(66)50-21-10-6-5-7-12-28-69-40-17-15-38(16-18-40)32-39-33-54(36-46(62)63)25-24-52(34-44(58)59)22-23-53(35-45(60)61)26-27-55(39)37-47(64)65/h15-18,39,41H,3-14,19-37H2,1-2H3,(H,49,56)(H,50,66)(H,51,57)(H,58,59)(H,60,61)(H,62,63)(H,64,65)/t39-,41-/m0/s1. The van der Waals surface area contributed by atoms with Crippen LogP contribution in [0.3, 0.4) is 0 Å². The van der Waals surface area contributed by atoms with Crippen LogP contribution in [0.4, 0.5) is 0 Å². The highest BCUT2D eigenvalue weighted by Crippen LogP contribution is 2.18. The van der Waals surface area contributed by atoms with Gasteiger partial charge in [-0.25, -0.2) is 0 Å². The van der Waals surface area contributed by atoms with Crippen LogP contribution in [0, 0.1) is 0 Å². The van der Waals surface area contributed by atoms with Crippen molar-refractivity contribution in [3.63, 3.8) is 0 Å². The van der Waals surface area contributed by atoms with Crippen molar-refractivity contribution in [2.24, 2.45) is 0 Å². The van der Waals surface area contributed by atoms with E-state index < -0.39 is 36.0 Å². The Morgan fingerprint density at radius 3 is 1.83 bits per heavy atom. The molecule has 21 nitrogen and oxygen atoms in total. The monoisotopic (exact) mass is 980 g/mol. The summed E-state index contributed by atoms with van der Waals surface area (Å²) in [6, 6.07) is 6.28. The van der Waals surface area contributed by atoms with Gasteiger partial charge in [-0.3, -0.25) is 53.2 Å². The van der Waals surface area contributed by atoms with Gasteiger partial charge in [-0.15, -0.1) is 0 Å². The summed E-state index contributed by atoms with van der Waals surface area (Å²) in [6.07, 6.45) is 10.1. The van der Waals surface area contributed by atoms with Crippen molar-refractivity contribution < 1.29 is 68.2 Å². The highest BCUT2D eigenvalue weighted by molar-refractivity contribution is 5.87. The second kappa shape index (κ2) is 37.0. The Bertz CT molecular complexity index is 1660. The van der Waals surface area contributed by atoms with Crippen molar-refractivity contribution in [2.75, 3.05) is 119 Å². The number of methoxy groups -OCH3 is 1. The summed E-state index contributed by atoms with van der Waals surface area (Å²) < 4.78 is 16.4. The molecule has 69 heavy (non-hydrogen) atoms. The first-order valence-electron chi connectivity index (χ1n) is 24.6. The molecule has 1 heterocycles. The van der Waals surface area contributed by atoms with E-state index in [-0.39, 0.29) is 103 Å². The molecular formula is C48H81N7O14. The predicted molar refractivity (Wildman–Crippen MR) is 257 cm³/mol. The molecule has 0 aliphatic carbocycles. The van der Waals surface area contributed by atoms with Gasteiger partial charge in [-0.05, 0) is 62.6 Å². The van der Waals surface area contributed by atoms with E-state index in [4.69, 9.17) is 14.2 Å². The smallest absolute Gasteiger partial charge is 0.317 e. The van der Waals surface area contributed by atoms with Crippen LogP contribution >= 0.6 is 0 Å². The molecule has 2 rings (SSSR count). The largest absolute Gasteiger partial charge is 0.494 e. The van der Waals surface area contributed by atoms with Gasteiger partial charge in [0.05, 0.1) is 52.6 Å². The molecule has 21 heteroatoms. The zero-order valence-electron chi connectivity index (χ0n) is 41.0. The minimum atomic E-state index is -1.08. The van der Waals surface area contributed by atoms with E-state index in [1.54, 1.807) is 26.7 Å². The fourth-order valence-electron chi connectivity index (χ4n) is 7.90. The molecule has 392 valence electrons. The minimum absolute atomic E-state index is 0.0330. The summed E-state index contributed by atoms with van der Waals surface area (Å²) in [7, 11) is 1.57. The topological polar surface area (TPSA) is 277 Å². The van der Waals surface area contributed by atoms with Crippen LogP contribution in [-0.4, -0.2) is 212 Å². The SMILES string of the molecule is CCCCCC(=O)NCCCC[C@H](NC(=O)CCOCCOC)C(=O)NCCCCCCCOc1ccc(C[C@H]2CN(CC(=O)O)CCN(CC(=O)O)CCN(CC(=O)O)CCN2CC(=O)O)cc1. The zero-order chi connectivity index (χ0) is 50.7. The Labute approximate surface area is 407 Å². The number of carbonyl (C=O) groups is 7. The van der Waals surface area contributed by atoms with E-state index in [1.807, 2.05) is 24.3 Å². The van der Waals surface area contributed by atoms with Crippen LogP contribution < -0.4 is 20.7 Å². The molecule has 0 aromatic heterocycles. The third-order valence-electron chi connectivity index (χ3n) is 11.7. The molecule has 1 fully saturated rings. The van der Waals surface area contributed by atoms with Crippen molar-refractivity contribution in [2.45, 2.75) is 109 Å². The summed E-state index contributed by atoms with van der Waals surface area (Å²) in [6.45, 7) is 4.81. The van der Waals surface area contributed by atoms with Crippen LogP contribution in [0.1, 0.15) is 96.0 Å². The second-order valence-electron chi connectivity index (χ2n) is 17.5. The van der Waals surface area contributed by atoms with Gasteiger partial charge < -0.3 is 50.6 Å². The number of benzene rings is 1. The lowest BCUT2D eigenvalue weighted by Gasteiger charge is -2.37. The molecule has 0 saturated carbocycles. The van der Waals surface area contributed by atoms with E-state index >= 15 is 0 Å². The lowest BCUT2D eigenvalue weighted by atomic mass is 10.0. The number of ether oxygens (including phenoxy) is 3. The predicted octanol–water partition coefficient (Wildman–Crippen LogP) is 2.01. The Morgan fingerprint density at radius 2 is 1.19 bits per heavy atom.